The molecule has 0 unspecified atom stereocenters. The van der Waals surface area contributed by atoms with E-state index in [4.69, 9.17) is 4.74 Å². The first-order valence-electron chi connectivity index (χ1n) is 6.27. The third kappa shape index (κ3) is 1.84. The maximum atomic E-state index is 14.6. The van der Waals surface area contributed by atoms with Crippen molar-refractivity contribution in [2.24, 2.45) is 11.8 Å². The van der Waals surface area contributed by atoms with Gasteiger partial charge in [0.2, 0.25) is 5.67 Å². The summed E-state index contributed by atoms with van der Waals surface area (Å²) in [6.07, 6.45) is 4.85. The van der Waals surface area contributed by atoms with Crippen LogP contribution in [0.3, 0.4) is 0 Å². The van der Waals surface area contributed by atoms with Crippen molar-refractivity contribution in [1.29, 1.82) is 0 Å². The normalized spacial score (nSPS) is 32.7. The third-order valence-corrected chi connectivity index (χ3v) is 3.87. The first kappa shape index (κ1) is 11.5. The van der Waals surface area contributed by atoms with Crippen molar-refractivity contribution in [2.45, 2.75) is 25.1 Å². The molecule has 0 N–H and O–H groups in total. The summed E-state index contributed by atoms with van der Waals surface area (Å²) >= 11 is 0. The molecule has 0 radical (unpaired) electrons. The smallest absolute Gasteiger partial charge is 0.344 e. The minimum atomic E-state index is -1.80. The highest BCUT2D eigenvalue weighted by Gasteiger charge is 2.55. The molecule has 2 nitrogen and oxygen atoms in total. The van der Waals surface area contributed by atoms with E-state index < -0.39 is 11.6 Å². The van der Waals surface area contributed by atoms with E-state index >= 15 is 0 Å². The summed E-state index contributed by atoms with van der Waals surface area (Å²) < 4.78 is 19.7. The molecular weight excluding hydrogens is 231 g/mol. The van der Waals surface area contributed by atoms with Crippen LogP contribution in [-0.4, -0.2) is 11.6 Å². The summed E-state index contributed by atoms with van der Waals surface area (Å²) in [7, 11) is 0. The highest BCUT2D eigenvalue weighted by molar-refractivity contribution is 5.81. The summed E-state index contributed by atoms with van der Waals surface area (Å²) in [6.45, 7) is 0.145. The summed E-state index contributed by atoms with van der Waals surface area (Å²) in [4.78, 5) is 11.9. The van der Waals surface area contributed by atoms with E-state index in [0.29, 0.717) is 0 Å². The van der Waals surface area contributed by atoms with Gasteiger partial charge in [0.25, 0.3) is 0 Å². The average Bonchev–Trinajstić information content (AvgIpc) is 2.97. The lowest BCUT2D eigenvalue weighted by atomic mass is 9.90. The monoisotopic (exact) mass is 246 g/mol. The molecule has 0 saturated heterocycles. The van der Waals surface area contributed by atoms with Crippen molar-refractivity contribution in [2.75, 3.05) is 0 Å². The molecule has 1 aromatic carbocycles. The van der Waals surface area contributed by atoms with Crippen molar-refractivity contribution in [3.05, 3.63) is 48.0 Å². The zero-order valence-corrected chi connectivity index (χ0v) is 10.0. The van der Waals surface area contributed by atoms with E-state index in [1.54, 1.807) is 0 Å². The fourth-order valence-electron chi connectivity index (χ4n) is 2.88. The molecule has 18 heavy (non-hydrogen) atoms. The second kappa shape index (κ2) is 4.23. The van der Waals surface area contributed by atoms with E-state index in [9.17, 15) is 9.18 Å². The number of hydrogen-bond acceptors (Lipinski definition) is 2. The zero-order chi connectivity index (χ0) is 12.6. The van der Waals surface area contributed by atoms with Crippen LogP contribution >= 0.6 is 0 Å². The van der Waals surface area contributed by atoms with Gasteiger partial charge in [-0.25, -0.2) is 9.18 Å². The lowest BCUT2D eigenvalue weighted by molar-refractivity contribution is -0.161. The van der Waals surface area contributed by atoms with Gasteiger partial charge in [0.15, 0.2) is 0 Å². The molecule has 3 heteroatoms. The number of carbonyl (C=O) groups excluding carboxylic acids is 1. The van der Waals surface area contributed by atoms with E-state index in [2.05, 4.69) is 0 Å². The Labute approximate surface area is 105 Å². The fourth-order valence-corrected chi connectivity index (χ4v) is 2.88. The second-order valence-corrected chi connectivity index (χ2v) is 5.12. The Morgan fingerprint density at radius 3 is 2.72 bits per heavy atom. The molecule has 0 aromatic heterocycles. The van der Waals surface area contributed by atoms with Crippen molar-refractivity contribution in [1.82, 2.24) is 0 Å². The van der Waals surface area contributed by atoms with Gasteiger partial charge >= 0.3 is 5.97 Å². The van der Waals surface area contributed by atoms with Crippen LogP contribution in [0.2, 0.25) is 0 Å². The lowest BCUT2D eigenvalue weighted by Gasteiger charge is -2.24. The average molecular weight is 246 g/mol. The molecule has 3 atom stereocenters. The molecule has 1 saturated carbocycles. The number of carbonyl (C=O) groups is 1. The molecule has 2 aliphatic carbocycles. The molecule has 0 amide bonds. The number of allylic oxidation sites excluding steroid dienone is 2. The number of halogens is 1. The summed E-state index contributed by atoms with van der Waals surface area (Å²) in [5.74, 6) is -0.779. The summed E-state index contributed by atoms with van der Waals surface area (Å²) in [6, 6.07) is 9.35. The Balaban J connectivity index is 1.64. The Hall–Kier alpha value is -1.64. The third-order valence-electron chi connectivity index (χ3n) is 3.87. The van der Waals surface area contributed by atoms with E-state index in [1.807, 2.05) is 42.5 Å². The van der Waals surface area contributed by atoms with Crippen molar-refractivity contribution < 1.29 is 13.9 Å². The first-order chi connectivity index (χ1) is 8.68. The number of esters is 1. The quantitative estimate of drug-likeness (QED) is 0.605. The number of hydrogen-bond donors (Lipinski definition) is 0. The van der Waals surface area contributed by atoms with Gasteiger partial charge in [-0.05, 0) is 24.3 Å². The minimum absolute atomic E-state index is 0.145. The van der Waals surface area contributed by atoms with Gasteiger partial charge in [0.05, 0.1) is 0 Å². The first-order valence-corrected chi connectivity index (χ1v) is 6.27. The number of benzene rings is 1. The molecule has 3 rings (SSSR count). The molecule has 1 fully saturated rings. The minimum Gasteiger partial charge on any atom is -0.458 e. The molecular formula is C15H15FO2. The molecule has 0 spiro atoms. The van der Waals surface area contributed by atoms with Crippen LogP contribution in [0.4, 0.5) is 4.39 Å². The largest absolute Gasteiger partial charge is 0.458 e. The number of ether oxygens (including phenoxy) is 1. The van der Waals surface area contributed by atoms with Crippen LogP contribution in [0.25, 0.3) is 0 Å². The predicted molar refractivity (Wildman–Crippen MR) is 65.4 cm³/mol. The number of rotatable bonds is 3. The van der Waals surface area contributed by atoms with Gasteiger partial charge in [-0.1, -0.05) is 42.5 Å². The molecule has 1 aromatic rings. The van der Waals surface area contributed by atoms with Crippen molar-refractivity contribution in [3.8, 4) is 0 Å². The van der Waals surface area contributed by atoms with Gasteiger partial charge in [-0.3, -0.25) is 0 Å². The van der Waals surface area contributed by atoms with Crippen LogP contribution < -0.4 is 0 Å². The Morgan fingerprint density at radius 1 is 1.33 bits per heavy atom. The van der Waals surface area contributed by atoms with Crippen molar-refractivity contribution >= 4 is 5.97 Å². The maximum absolute atomic E-state index is 14.6. The topological polar surface area (TPSA) is 26.3 Å². The zero-order valence-electron chi connectivity index (χ0n) is 10.0. The summed E-state index contributed by atoms with van der Waals surface area (Å²) in [5.41, 5.74) is -0.915. The van der Waals surface area contributed by atoms with Crippen LogP contribution in [-0.2, 0) is 16.1 Å². The SMILES string of the molecule is O=C(OCc1ccccc1)[C@@]1(F)C[C@@H]2C=C[C@H]1C2. The van der Waals surface area contributed by atoms with Gasteiger partial charge in [0, 0.05) is 5.92 Å². The Kier molecular flexibility index (Phi) is 2.69. The fraction of sp³-hybridized carbons (Fsp3) is 0.400. The van der Waals surface area contributed by atoms with Gasteiger partial charge in [-0.2, -0.15) is 0 Å². The maximum Gasteiger partial charge on any atom is 0.344 e. The van der Waals surface area contributed by atoms with Gasteiger partial charge < -0.3 is 4.74 Å². The van der Waals surface area contributed by atoms with Crippen LogP contribution in [0.1, 0.15) is 18.4 Å². The Morgan fingerprint density at radius 2 is 2.11 bits per heavy atom. The van der Waals surface area contributed by atoms with Crippen LogP contribution in [0.15, 0.2) is 42.5 Å². The standard InChI is InChI=1S/C15H15FO2/c16-15(9-12-6-7-13(15)8-12)14(17)18-10-11-4-2-1-3-5-11/h1-7,12-13H,8-10H2/t12-,13+,15-/m1/s1. The van der Waals surface area contributed by atoms with Crippen molar-refractivity contribution in [3.63, 3.8) is 0 Å². The molecule has 94 valence electrons. The highest BCUT2D eigenvalue weighted by Crippen LogP contribution is 2.49. The molecule has 0 aliphatic heterocycles. The summed E-state index contributed by atoms with van der Waals surface area (Å²) in [5, 5.41) is 0. The molecule has 2 bridgehead atoms. The molecule has 0 heterocycles. The molecule has 2 aliphatic rings. The van der Waals surface area contributed by atoms with E-state index in [1.165, 1.54) is 0 Å². The van der Waals surface area contributed by atoms with E-state index in [0.717, 1.165) is 12.0 Å². The van der Waals surface area contributed by atoms with Crippen LogP contribution in [0.5, 0.6) is 0 Å². The Bertz CT molecular complexity index is 483. The van der Waals surface area contributed by atoms with E-state index in [-0.39, 0.29) is 24.9 Å². The number of alkyl halides is 1. The highest BCUT2D eigenvalue weighted by atomic mass is 19.1. The number of fused-ring (bicyclic) bond motifs is 2. The van der Waals surface area contributed by atoms with Gasteiger partial charge in [-0.15, -0.1) is 0 Å². The predicted octanol–water partition coefficient (Wildman–Crippen LogP) is 3.03. The lowest BCUT2D eigenvalue weighted by Crippen LogP contribution is -2.39. The van der Waals surface area contributed by atoms with Gasteiger partial charge in [0.1, 0.15) is 6.61 Å². The van der Waals surface area contributed by atoms with Crippen LogP contribution in [0, 0.1) is 11.8 Å². The second-order valence-electron chi connectivity index (χ2n) is 5.12.